The van der Waals surface area contributed by atoms with Crippen LogP contribution in [0, 0.1) is 0 Å². The van der Waals surface area contributed by atoms with E-state index >= 15 is 0 Å². The van der Waals surface area contributed by atoms with E-state index in [1.54, 1.807) is 0 Å². The van der Waals surface area contributed by atoms with Crippen molar-refractivity contribution >= 4 is 49.4 Å². The van der Waals surface area contributed by atoms with E-state index in [4.69, 9.17) is 9.40 Å². The number of anilines is 3. The standard InChI is InChI=1S/C43H26N2O/c1-3-8-27(9-4-1)28-16-21-34(22-17-28)45(33-12-5-2-6-13-33)35-23-18-31(19-24-35)43-44-41-36-25-20-30-15-14-29-10-7-11-32-26-37(42(41)46-43)40(36)39(30)38(29)32/h1-26H. The van der Waals surface area contributed by atoms with Gasteiger partial charge >= 0.3 is 0 Å². The van der Waals surface area contributed by atoms with Crippen molar-refractivity contribution in [1.82, 2.24) is 4.98 Å². The summed E-state index contributed by atoms with van der Waals surface area (Å²) in [6.07, 6.45) is 0. The van der Waals surface area contributed by atoms with Crippen LogP contribution in [-0.2, 0) is 0 Å². The maximum atomic E-state index is 6.60. The first kappa shape index (κ1) is 25.2. The molecule has 3 heteroatoms. The third-order valence-electron chi connectivity index (χ3n) is 9.37. The van der Waals surface area contributed by atoms with Crippen LogP contribution in [0.25, 0.3) is 77.5 Å². The first-order valence-corrected chi connectivity index (χ1v) is 15.6. The molecule has 0 saturated heterocycles. The molecule has 9 aromatic rings. The van der Waals surface area contributed by atoms with Crippen LogP contribution in [0.1, 0.15) is 0 Å². The highest BCUT2D eigenvalue weighted by atomic mass is 16.4. The molecule has 1 aliphatic carbocycles. The van der Waals surface area contributed by atoms with Gasteiger partial charge < -0.3 is 9.32 Å². The van der Waals surface area contributed by atoms with Gasteiger partial charge in [-0.1, -0.05) is 103 Å². The van der Waals surface area contributed by atoms with Gasteiger partial charge in [-0.15, -0.1) is 0 Å². The molecule has 46 heavy (non-hydrogen) atoms. The zero-order valence-electron chi connectivity index (χ0n) is 24.8. The summed E-state index contributed by atoms with van der Waals surface area (Å²) in [6.45, 7) is 0. The van der Waals surface area contributed by atoms with Crippen molar-refractivity contribution in [2.24, 2.45) is 0 Å². The molecule has 0 radical (unpaired) electrons. The van der Waals surface area contributed by atoms with Crippen LogP contribution in [0.3, 0.4) is 0 Å². The lowest BCUT2D eigenvalue weighted by Gasteiger charge is -2.25. The molecule has 0 bridgehead atoms. The summed E-state index contributed by atoms with van der Waals surface area (Å²) in [5.41, 5.74) is 9.82. The molecule has 0 N–H and O–H groups in total. The lowest BCUT2D eigenvalue weighted by Crippen LogP contribution is -2.09. The van der Waals surface area contributed by atoms with E-state index in [2.05, 4.69) is 157 Å². The van der Waals surface area contributed by atoms with Crippen molar-refractivity contribution < 1.29 is 4.42 Å². The molecule has 0 spiro atoms. The fourth-order valence-corrected chi connectivity index (χ4v) is 7.25. The highest BCUT2D eigenvalue weighted by Crippen LogP contribution is 2.52. The second kappa shape index (κ2) is 9.65. The van der Waals surface area contributed by atoms with Crippen molar-refractivity contribution in [1.29, 1.82) is 0 Å². The number of hydrogen-bond donors (Lipinski definition) is 0. The van der Waals surface area contributed by atoms with Crippen molar-refractivity contribution in [3.05, 3.63) is 158 Å². The topological polar surface area (TPSA) is 29.3 Å². The van der Waals surface area contributed by atoms with Crippen LogP contribution in [0.5, 0.6) is 0 Å². The number of rotatable bonds is 5. The number of oxazole rings is 1. The molecule has 0 saturated carbocycles. The predicted molar refractivity (Wildman–Crippen MR) is 190 cm³/mol. The molecule has 1 aromatic heterocycles. The van der Waals surface area contributed by atoms with E-state index < -0.39 is 0 Å². The SMILES string of the molecule is c1ccc(-c2ccc(N(c3ccccc3)c3ccc(-c4nc5c(o4)-c4cc6cccc7ccc8ccc-5c4c8c76)cc3)cc2)cc1. The summed E-state index contributed by atoms with van der Waals surface area (Å²) in [6, 6.07) is 55.9. The Bertz CT molecular complexity index is 2550. The van der Waals surface area contributed by atoms with Crippen LogP contribution >= 0.6 is 0 Å². The van der Waals surface area contributed by atoms with Gasteiger partial charge in [0.05, 0.1) is 0 Å². The molecule has 0 amide bonds. The number of hydrogen-bond acceptors (Lipinski definition) is 3. The fourth-order valence-electron chi connectivity index (χ4n) is 7.25. The smallest absolute Gasteiger partial charge is 0.227 e. The van der Waals surface area contributed by atoms with Crippen LogP contribution in [0.15, 0.2) is 162 Å². The second-order valence-electron chi connectivity index (χ2n) is 12.0. The molecular formula is C43H26N2O. The molecule has 214 valence electrons. The molecule has 8 aromatic carbocycles. The van der Waals surface area contributed by atoms with E-state index in [-0.39, 0.29) is 0 Å². The Hall–Kier alpha value is -6.19. The first-order valence-electron chi connectivity index (χ1n) is 15.6. The van der Waals surface area contributed by atoms with E-state index in [0.29, 0.717) is 5.89 Å². The number of benzene rings is 8. The Morgan fingerprint density at radius 2 is 1.00 bits per heavy atom. The van der Waals surface area contributed by atoms with Gasteiger partial charge in [0, 0.05) is 39.1 Å². The van der Waals surface area contributed by atoms with Crippen molar-refractivity contribution in [3.63, 3.8) is 0 Å². The van der Waals surface area contributed by atoms with E-state index in [0.717, 1.165) is 45.2 Å². The molecule has 1 heterocycles. The molecule has 1 aliphatic rings. The van der Waals surface area contributed by atoms with Gasteiger partial charge in [-0.3, -0.25) is 0 Å². The summed E-state index contributed by atoms with van der Waals surface area (Å²) in [7, 11) is 0. The Kier molecular flexibility index (Phi) is 5.28. The minimum atomic E-state index is 0.638. The van der Waals surface area contributed by atoms with Gasteiger partial charge in [0.1, 0.15) is 5.69 Å². The third kappa shape index (κ3) is 3.69. The molecular weight excluding hydrogens is 560 g/mol. The Morgan fingerprint density at radius 1 is 0.413 bits per heavy atom. The van der Waals surface area contributed by atoms with E-state index in [1.807, 2.05) is 6.07 Å². The van der Waals surface area contributed by atoms with Gasteiger partial charge in [0.15, 0.2) is 5.76 Å². The average molecular weight is 587 g/mol. The molecule has 0 fully saturated rings. The quantitative estimate of drug-likeness (QED) is 0.188. The largest absolute Gasteiger partial charge is 0.435 e. The Labute approximate surface area is 266 Å². The normalized spacial score (nSPS) is 11.9. The van der Waals surface area contributed by atoms with Gasteiger partial charge in [-0.25, -0.2) is 4.98 Å². The van der Waals surface area contributed by atoms with Crippen LogP contribution in [-0.4, -0.2) is 4.98 Å². The lowest BCUT2D eigenvalue weighted by atomic mass is 9.91. The summed E-state index contributed by atoms with van der Waals surface area (Å²) < 4.78 is 6.60. The first-order chi connectivity index (χ1) is 22.8. The van der Waals surface area contributed by atoms with Crippen LogP contribution < -0.4 is 4.90 Å². The Balaban J connectivity index is 1.04. The molecule has 0 aliphatic heterocycles. The predicted octanol–water partition coefficient (Wildman–Crippen LogP) is 12.0. The monoisotopic (exact) mass is 586 g/mol. The maximum Gasteiger partial charge on any atom is 0.227 e. The fraction of sp³-hybridized carbons (Fsp3) is 0. The maximum absolute atomic E-state index is 6.60. The second-order valence-corrected chi connectivity index (χ2v) is 12.0. The van der Waals surface area contributed by atoms with Gasteiger partial charge in [0.2, 0.25) is 5.89 Å². The van der Waals surface area contributed by atoms with Crippen molar-refractivity contribution in [2.75, 3.05) is 4.90 Å². The van der Waals surface area contributed by atoms with E-state index in [9.17, 15) is 0 Å². The number of nitrogens with zero attached hydrogens (tertiary/aromatic N) is 2. The van der Waals surface area contributed by atoms with Crippen molar-refractivity contribution in [2.45, 2.75) is 0 Å². The van der Waals surface area contributed by atoms with Crippen LogP contribution in [0.2, 0.25) is 0 Å². The summed E-state index contributed by atoms with van der Waals surface area (Å²) >= 11 is 0. The molecule has 10 rings (SSSR count). The number of fused-ring (bicyclic) bond motifs is 3. The van der Waals surface area contributed by atoms with E-state index in [1.165, 1.54) is 43.4 Å². The summed E-state index contributed by atoms with van der Waals surface area (Å²) in [4.78, 5) is 7.37. The molecule has 3 nitrogen and oxygen atoms in total. The lowest BCUT2D eigenvalue weighted by molar-refractivity contribution is 0.590. The Morgan fingerprint density at radius 3 is 1.74 bits per heavy atom. The van der Waals surface area contributed by atoms with Gasteiger partial charge in [-0.2, -0.15) is 0 Å². The highest BCUT2D eigenvalue weighted by molar-refractivity contribution is 6.31. The minimum absolute atomic E-state index is 0.638. The highest BCUT2D eigenvalue weighted by Gasteiger charge is 2.30. The van der Waals surface area contributed by atoms with Gasteiger partial charge in [0.25, 0.3) is 0 Å². The zero-order valence-corrected chi connectivity index (χ0v) is 24.8. The summed E-state index contributed by atoms with van der Waals surface area (Å²) in [5.74, 6) is 1.50. The molecule has 0 unspecified atom stereocenters. The van der Waals surface area contributed by atoms with Crippen molar-refractivity contribution in [3.8, 4) is 45.2 Å². The third-order valence-corrected chi connectivity index (χ3v) is 9.37. The zero-order chi connectivity index (χ0) is 30.2. The van der Waals surface area contributed by atoms with Gasteiger partial charge in [-0.05, 0) is 92.7 Å². The average Bonchev–Trinajstić information content (AvgIpc) is 3.69. The number of para-hydroxylation sites is 1. The molecule has 0 atom stereocenters. The van der Waals surface area contributed by atoms with Crippen LogP contribution in [0.4, 0.5) is 17.1 Å². The minimum Gasteiger partial charge on any atom is -0.435 e. The number of aromatic nitrogens is 1. The summed E-state index contributed by atoms with van der Waals surface area (Å²) in [5, 5.41) is 7.63.